The lowest BCUT2D eigenvalue weighted by atomic mass is 10.1. The molecule has 0 saturated heterocycles. The molecule has 19 heavy (non-hydrogen) atoms. The minimum absolute atomic E-state index is 0.166. The maximum atomic E-state index is 12.7. The van der Waals surface area contributed by atoms with Crippen LogP contribution in [0.25, 0.3) is 11.4 Å². The summed E-state index contributed by atoms with van der Waals surface area (Å²) in [6.45, 7) is 2.40. The highest BCUT2D eigenvalue weighted by Crippen LogP contribution is 2.31. The van der Waals surface area contributed by atoms with Gasteiger partial charge in [0.15, 0.2) is 5.82 Å². The molecule has 0 aliphatic rings. The fourth-order valence-electron chi connectivity index (χ4n) is 1.81. The molecule has 0 bridgehead atoms. The zero-order chi connectivity index (χ0) is 14.0. The Morgan fingerprint density at radius 3 is 2.58 bits per heavy atom. The molecule has 2 aromatic rings. The molecular weight excluding hydrogens is 279 g/mol. The number of hydrogen-bond acceptors (Lipinski definition) is 2. The highest BCUT2D eigenvalue weighted by molar-refractivity contribution is 6.16. The van der Waals surface area contributed by atoms with Crippen LogP contribution in [-0.2, 0) is 18.6 Å². The highest BCUT2D eigenvalue weighted by atomic mass is 35.5. The third-order valence-electron chi connectivity index (χ3n) is 2.71. The summed E-state index contributed by atoms with van der Waals surface area (Å²) in [6.07, 6.45) is -4.37. The van der Waals surface area contributed by atoms with E-state index in [0.717, 1.165) is 12.1 Å². The average Bonchev–Trinajstić information content (AvgIpc) is 2.80. The lowest BCUT2D eigenvalue weighted by molar-refractivity contribution is -0.137. The number of benzene rings is 1. The van der Waals surface area contributed by atoms with Crippen LogP contribution >= 0.6 is 11.6 Å². The molecule has 1 aromatic carbocycles. The van der Waals surface area contributed by atoms with Crippen molar-refractivity contribution in [3.8, 4) is 11.4 Å². The monoisotopic (exact) mass is 289 g/mol. The molecule has 0 atom stereocenters. The second-order valence-corrected chi connectivity index (χ2v) is 4.16. The molecule has 2 rings (SSSR count). The van der Waals surface area contributed by atoms with Gasteiger partial charge in [0, 0.05) is 12.1 Å². The maximum Gasteiger partial charge on any atom is 0.416 e. The van der Waals surface area contributed by atoms with Crippen molar-refractivity contribution in [1.82, 2.24) is 14.8 Å². The Kier molecular flexibility index (Phi) is 3.80. The van der Waals surface area contributed by atoms with Gasteiger partial charge in [-0.25, -0.2) is 0 Å². The van der Waals surface area contributed by atoms with Crippen LogP contribution < -0.4 is 0 Å². The average molecular weight is 290 g/mol. The molecule has 0 aliphatic heterocycles. The van der Waals surface area contributed by atoms with Crippen LogP contribution in [0.15, 0.2) is 24.3 Å². The minimum atomic E-state index is -4.37. The first kappa shape index (κ1) is 13.9. The number of aromatic nitrogens is 3. The number of hydrogen-bond donors (Lipinski definition) is 0. The van der Waals surface area contributed by atoms with Gasteiger partial charge in [0.25, 0.3) is 0 Å². The molecular formula is C12H11ClF3N3. The predicted molar refractivity (Wildman–Crippen MR) is 65.7 cm³/mol. The van der Waals surface area contributed by atoms with Gasteiger partial charge in [0.1, 0.15) is 5.82 Å². The van der Waals surface area contributed by atoms with Crippen LogP contribution in [0.5, 0.6) is 0 Å². The van der Waals surface area contributed by atoms with Crippen molar-refractivity contribution in [2.24, 2.45) is 0 Å². The molecule has 1 heterocycles. The summed E-state index contributed by atoms with van der Waals surface area (Å²) in [5, 5.41) is 7.79. The molecule has 3 nitrogen and oxygen atoms in total. The van der Waals surface area contributed by atoms with Gasteiger partial charge >= 0.3 is 6.18 Å². The Balaban J connectivity index is 2.51. The van der Waals surface area contributed by atoms with Crippen molar-refractivity contribution in [2.75, 3.05) is 0 Å². The third-order valence-corrected chi connectivity index (χ3v) is 2.95. The first-order valence-corrected chi connectivity index (χ1v) is 6.16. The summed E-state index contributed by atoms with van der Waals surface area (Å²) in [6, 6.07) is 5.02. The van der Waals surface area contributed by atoms with Crippen molar-refractivity contribution in [3.63, 3.8) is 0 Å². The molecule has 0 N–H and O–H groups in total. The van der Waals surface area contributed by atoms with E-state index in [4.69, 9.17) is 11.6 Å². The van der Waals surface area contributed by atoms with Crippen molar-refractivity contribution < 1.29 is 13.2 Å². The maximum absolute atomic E-state index is 12.7. The fourth-order valence-corrected chi connectivity index (χ4v) is 2.01. The third kappa shape index (κ3) is 2.73. The molecule has 0 radical (unpaired) electrons. The minimum Gasteiger partial charge on any atom is -0.310 e. The first-order valence-electron chi connectivity index (χ1n) is 5.63. The molecule has 0 unspecified atom stereocenters. The van der Waals surface area contributed by atoms with Gasteiger partial charge in [0.2, 0.25) is 0 Å². The normalized spacial score (nSPS) is 11.8. The molecule has 0 amide bonds. The largest absolute Gasteiger partial charge is 0.416 e. The Bertz CT molecular complexity index is 578. The summed E-state index contributed by atoms with van der Waals surface area (Å²) in [7, 11) is 0. The summed E-state index contributed by atoms with van der Waals surface area (Å²) in [4.78, 5) is 0. The van der Waals surface area contributed by atoms with E-state index >= 15 is 0 Å². The lowest BCUT2D eigenvalue weighted by Crippen LogP contribution is -2.06. The van der Waals surface area contributed by atoms with E-state index in [-0.39, 0.29) is 5.88 Å². The van der Waals surface area contributed by atoms with E-state index in [9.17, 15) is 13.2 Å². The Labute approximate surface area is 113 Å². The molecule has 0 saturated carbocycles. The zero-order valence-corrected chi connectivity index (χ0v) is 10.8. The van der Waals surface area contributed by atoms with Gasteiger partial charge < -0.3 is 4.57 Å². The van der Waals surface area contributed by atoms with E-state index < -0.39 is 11.7 Å². The highest BCUT2D eigenvalue weighted by Gasteiger charge is 2.30. The first-order chi connectivity index (χ1) is 8.97. The zero-order valence-electron chi connectivity index (χ0n) is 10.1. The lowest BCUT2D eigenvalue weighted by Gasteiger charge is -2.09. The smallest absolute Gasteiger partial charge is 0.310 e. The van der Waals surface area contributed by atoms with Crippen molar-refractivity contribution >= 4 is 11.6 Å². The molecule has 1 aromatic heterocycles. The van der Waals surface area contributed by atoms with E-state index in [1.807, 2.05) is 6.92 Å². The number of nitrogens with zero attached hydrogens (tertiary/aromatic N) is 3. The van der Waals surface area contributed by atoms with Crippen LogP contribution in [0.2, 0.25) is 0 Å². The van der Waals surface area contributed by atoms with Crippen LogP contribution in [0, 0.1) is 0 Å². The molecule has 0 aliphatic carbocycles. The van der Waals surface area contributed by atoms with Gasteiger partial charge in [0.05, 0.1) is 11.4 Å². The Morgan fingerprint density at radius 1 is 1.26 bits per heavy atom. The van der Waals surface area contributed by atoms with Gasteiger partial charge in [-0.05, 0) is 19.1 Å². The molecule has 0 fully saturated rings. The fraction of sp³-hybridized carbons (Fsp3) is 0.333. The van der Waals surface area contributed by atoms with Crippen LogP contribution in [-0.4, -0.2) is 14.8 Å². The van der Waals surface area contributed by atoms with E-state index in [1.54, 1.807) is 10.6 Å². The van der Waals surface area contributed by atoms with Gasteiger partial charge in [-0.1, -0.05) is 12.1 Å². The van der Waals surface area contributed by atoms with Gasteiger partial charge in [-0.3, -0.25) is 0 Å². The standard InChI is InChI=1S/C12H11ClF3N3/c1-2-19-10(7-13)17-18-11(19)8-4-3-5-9(6-8)12(14,15)16/h3-6H,2,7H2,1H3. The summed E-state index contributed by atoms with van der Waals surface area (Å²) in [5.41, 5.74) is -0.330. The van der Waals surface area contributed by atoms with E-state index in [2.05, 4.69) is 10.2 Å². The summed E-state index contributed by atoms with van der Waals surface area (Å²) >= 11 is 5.71. The Morgan fingerprint density at radius 2 is 2.00 bits per heavy atom. The number of halogens is 4. The molecule has 7 heteroatoms. The molecule has 0 spiro atoms. The van der Waals surface area contributed by atoms with Gasteiger partial charge in [-0.15, -0.1) is 21.8 Å². The van der Waals surface area contributed by atoms with E-state index in [1.165, 1.54) is 6.07 Å². The van der Waals surface area contributed by atoms with E-state index in [0.29, 0.717) is 23.8 Å². The summed E-state index contributed by atoms with van der Waals surface area (Å²) < 4.78 is 39.7. The second-order valence-electron chi connectivity index (χ2n) is 3.90. The van der Waals surface area contributed by atoms with Crippen LogP contribution in [0.3, 0.4) is 0 Å². The van der Waals surface area contributed by atoms with Crippen molar-refractivity contribution in [1.29, 1.82) is 0 Å². The molecule has 102 valence electrons. The quantitative estimate of drug-likeness (QED) is 0.806. The Hall–Kier alpha value is -1.56. The number of rotatable bonds is 3. The SMILES string of the molecule is CCn1c(CCl)nnc1-c1cccc(C(F)(F)F)c1. The van der Waals surface area contributed by atoms with Gasteiger partial charge in [-0.2, -0.15) is 13.2 Å². The van der Waals surface area contributed by atoms with Crippen LogP contribution in [0.4, 0.5) is 13.2 Å². The summed E-state index contributed by atoms with van der Waals surface area (Å²) in [5.74, 6) is 1.10. The van der Waals surface area contributed by atoms with Crippen molar-refractivity contribution in [3.05, 3.63) is 35.7 Å². The van der Waals surface area contributed by atoms with Crippen LogP contribution in [0.1, 0.15) is 18.3 Å². The van der Waals surface area contributed by atoms with Crippen molar-refractivity contribution in [2.45, 2.75) is 25.5 Å². The second kappa shape index (κ2) is 5.21. The predicted octanol–water partition coefficient (Wildman–Crippen LogP) is 3.72. The number of alkyl halides is 4. The topological polar surface area (TPSA) is 30.7 Å².